The van der Waals surface area contributed by atoms with Gasteiger partial charge in [-0.2, -0.15) is 13.2 Å². The van der Waals surface area contributed by atoms with Gasteiger partial charge in [-0.15, -0.1) is 0 Å². The topological polar surface area (TPSA) is 29.5 Å². The fraction of sp³-hybridized carbons (Fsp3) is 0.455. The van der Waals surface area contributed by atoms with Crippen molar-refractivity contribution in [1.82, 2.24) is 0 Å². The molecule has 0 unspecified atom stereocenters. The molecule has 16 heavy (non-hydrogen) atoms. The van der Waals surface area contributed by atoms with Crippen LogP contribution in [0.4, 0.5) is 13.2 Å². The molecule has 1 aliphatic rings. The lowest BCUT2D eigenvalue weighted by molar-refractivity contribution is -0.216. The minimum Gasteiger partial charge on any atom is -0.480 e. The summed E-state index contributed by atoms with van der Waals surface area (Å²) in [6.07, 6.45) is -6.16. The van der Waals surface area contributed by atoms with E-state index in [4.69, 9.17) is 9.84 Å². The molecular formula is C11H11F3O2. The van der Waals surface area contributed by atoms with Gasteiger partial charge in [-0.25, -0.2) is 0 Å². The van der Waals surface area contributed by atoms with Crippen LogP contribution in [0.25, 0.3) is 0 Å². The Hall–Kier alpha value is -1.23. The molecule has 0 bridgehead atoms. The molecule has 2 atom stereocenters. The molecule has 2 nitrogen and oxygen atoms in total. The SMILES string of the molecule is OC[C@H]1Cc2ccccc2O[C@@H]1C(F)(F)F. The molecule has 1 N–H and O–H groups in total. The standard InChI is InChI=1S/C11H11F3O2/c12-11(13,14)10-8(6-15)5-7-3-1-2-4-9(7)16-10/h1-4,8,10,15H,5-6H2/t8-,10+/m1/s1. The van der Waals surface area contributed by atoms with Crippen molar-refractivity contribution in [3.8, 4) is 5.75 Å². The highest BCUT2D eigenvalue weighted by atomic mass is 19.4. The van der Waals surface area contributed by atoms with E-state index in [0.29, 0.717) is 5.56 Å². The van der Waals surface area contributed by atoms with Crippen LogP contribution in [0, 0.1) is 5.92 Å². The van der Waals surface area contributed by atoms with E-state index in [1.54, 1.807) is 18.2 Å². The van der Waals surface area contributed by atoms with Gasteiger partial charge in [0.25, 0.3) is 0 Å². The van der Waals surface area contributed by atoms with Gasteiger partial charge >= 0.3 is 6.18 Å². The van der Waals surface area contributed by atoms with E-state index >= 15 is 0 Å². The van der Waals surface area contributed by atoms with E-state index in [-0.39, 0.29) is 12.2 Å². The molecule has 1 aromatic carbocycles. The highest BCUT2D eigenvalue weighted by Crippen LogP contribution is 2.37. The van der Waals surface area contributed by atoms with E-state index in [0.717, 1.165) is 0 Å². The molecule has 0 radical (unpaired) electrons. The smallest absolute Gasteiger partial charge is 0.425 e. The highest BCUT2D eigenvalue weighted by molar-refractivity contribution is 5.36. The van der Waals surface area contributed by atoms with Crippen LogP contribution in [-0.2, 0) is 6.42 Å². The summed E-state index contributed by atoms with van der Waals surface area (Å²) in [5.74, 6) is -0.663. The largest absolute Gasteiger partial charge is 0.480 e. The average Bonchev–Trinajstić information content (AvgIpc) is 2.26. The van der Waals surface area contributed by atoms with Crippen molar-refractivity contribution in [3.63, 3.8) is 0 Å². The summed E-state index contributed by atoms with van der Waals surface area (Å²) in [5.41, 5.74) is 0.710. The Balaban J connectivity index is 2.31. The second-order valence-electron chi connectivity index (χ2n) is 3.83. The molecule has 0 saturated heterocycles. The van der Waals surface area contributed by atoms with Crippen molar-refractivity contribution in [1.29, 1.82) is 0 Å². The molecule has 0 aromatic heterocycles. The minimum atomic E-state index is -4.44. The van der Waals surface area contributed by atoms with Crippen LogP contribution in [0.2, 0.25) is 0 Å². The fourth-order valence-electron chi connectivity index (χ4n) is 1.90. The van der Waals surface area contributed by atoms with Crippen LogP contribution in [0.5, 0.6) is 5.75 Å². The first-order chi connectivity index (χ1) is 7.52. The highest BCUT2D eigenvalue weighted by Gasteiger charge is 2.48. The lowest BCUT2D eigenvalue weighted by Crippen LogP contribution is -2.45. The lowest BCUT2D eigenvalue weighted by Gasteiger charge is -2.33. The number of benzene rings is 1. The predicted octanol–water partition coefficient (Wildman–Crippen LogP) is 2.16. The summed E-state index contributed by atoms with van der Waals surface area (Å²) in [5, 5.41) is 8.97. The van der Waals surface area contributed by atoms with Gasteiger partial charge in [-0.05, 0) is 18.1 Å². The number of para-hydroxylation sites is 1. The Morgan fingerprint density at radius 3 is 2.62 bits per heavy atom. The van der Waals surface area contributed by atoms with Crippen LogP contribution in [-0.4, -0.2) is 24.0 Å². The average molecular weight is 232 g/mol. The van der Waals surface area contributed by atoms with Crippen LogP contribution in [0.1, 0.15) is 5.56 Å². The van der Waals surface area contributed by atoms with E-state index in [1.807, 2.05) is 0 Å². The van der Waals surface area contributed by atoms with Crippen LogP contribution in [0.15, 0.2) is 24.3 Å². The first-order valence-corrected chi connectivity index (χ1v) is 4.94. The molecule has 0 amide bonds. The molecular weight excluding hydrogens is 221 g/mol. The van der Waals surface area contributed by atoms with Gasteiger partial charge in [0.1, 0.15) is 5.75 Å². The number of hydrogen-bond donors (Lipinski definition) is 1. The predicted molar refractivity (Wildman–Crippen MR) is 51.2 cm³/mol. The first-order valence-electron chi connectivity index (χ1n) is 4.94. The fourth-order valence-corrected chi connectivity index (χ4v) is 1.90. The van der Waals surface area contributed by atoms with Gasteiger partial charge in [0.2, 0.25) is 0 Å². The molecule has 1 aliphatic heterocycles. The molecule has 0 fully saturated rings. The maximum atomic E-state index is 12.6. The number of alkyl halides is 3. The molecule has 0 aliphatic carbocycles. The van der Waals surface area contributed by atoms with Crippen molar-refractivity contribution in [2.75, 3.05) is 6.61 Å². The number of ether oxygens (including phenoxy) is 1. The Kier molecular flexibility index (Phi) is 2.80. The quantitative estimate of drug-likeness (QED) is 0.804. The van der Waals surface area contributed by atoms with Gasteiger partial charge in [0, 0.05) is 5.92 Å². The maximum Gasteiger partial charge on any atom is 0.425 e. The Morgan fingerprint density at radius 2 is 2.00 bits per heavy atom. The van der Waals surface area contributed by atoms with Crippen molar-refractivity contribution >= 4 is 0 Å². The second kappa shape index (κ2) is 3.97. The molecule has 1 heterocycles. The molecule has 0 spiro atoms. The number of aliphatic hydroxyl groups excluding tert-OH is 1. The monoisotopic (exact) mass is 232 g/mol. The molecule has 2 rings (SSSR count). The summed E-state index contributed by atoms with van der Waals surface area (Å²) < 4.78 is 42.8. The van der Waals surface area contributed by atoms with Gasteiger partial charge in [-0.1, -0.05) is 18.2 Å². The van der Waals surface area contributed by atoms with Crippen molar-refractivity contribution in [2.45, 2.75) is 18.7 Å². The molecule has 1 aromatic rings. The van der Waals surface area contributed by atoms with Crippen molar-refractivity contribution in [3.05, 3.63) is 29.8 Å². The zero-order chi connectivity index (χ0) is 11.8. The van der Waals surface area contributed by atoms with Gasteiger partial charge in [0.15, 0.2) is 6.10 Å². The van der Waals surface area contributed by atoms with Crippen LogP contribution in [0.3, 0.4) is 0 Å². The van der Waals surface area contributed by atoms with Gasteiger partial charge in [-0.3, -0.25) is 0 Å². The zero-order valence-corrected chi connectivity index (χ0v) is 8.37. The second-order valence-corrected chi connectivity index (χ2v) is 3.83. The molecule has 88 valence electrons. The maximum absolute atomic E-state index is 12.6. The zero-order valence-electron chi connectivity index (χ0n) is 8.37. The third kappa shape index (κ3) is 2.00. The molecule has 5 heteroatoms. The number of hydrogen-bond acceptors (Lipinski definition) is 2. The van der Waals surface area contributed by atoms with E-state index in [9.17, 15) is 13.2 Å². The van der Waals surface area contributed by atoms with Crippen molar-refractivity contribution < 1.29 is 23.0 Å². The summed E-state index contributed by atoms with van der Waals surface area (Å²) in [6, 6.07) is 6.60. The van der Waals surface area contributed by atoms with E-state index < -0.39 is 24.8 Å². The first kappa shape index (κ1) is 11.3. The van der Waals surface area contributed by atoms with E-state index in [1.165, 1.54) is 6.07 Å². The van der Waals surface area contributed by atoms with Crippen LogP contribution >= 0.6 is 0 Å². The van der Waals surface area contributed by atoms with Gasteiger partial charge in [0.05, 0.1) is 6.61 Å². The Labute approximate surface area is 90.7 Å². The Morgan fingerprint density at radius 1 is 1.31 bits per heavy atom. The normalized spacial score (nSPS) is 24.8. The third-order valence-corrected chi connectivity index (χ3v) is 2.69. The summed E-state index contributed by atoms with van der Waals surface area (Å²) in [6.45, 7) is -0.529. The minimum absolute atomic E-state index is 0.191. The number of fused-ring (bicyclic) bond motifs is 1. The Bertz CT molecular complexity index is 376. The van der Waals surface area contributed by atoms with E-state index in [2.05, 4.69) is 0 Å². The van der Waals surface area contributed by atoms with Crippen LogP contribution < -0.4 is 4.74 Å². The van der Waals surface area contributed by atoms with Crippen molar-refractivity contribution in [2.24, 2.45) is 5.92 Å². The summed E-state index contributed by atoms with van der Waals surface area (Å²) in [4.78, 5) is 0. The molecule has 0 saturated carbocycles. The van der Waals surface area contributed by atoms with Gasteiger partial charge < -0.3 is 9.84 Å². The third-order valence-electron chi connectivity index (χ3n) is 2.69. The summed E-state index contributed by atoms with van der Waals surface area (Å²) >= 11 is 0. The number of halogens is 3. The summed E-state index contributed by atoms with van der Waals surface area (Å²) in [7, 11) is 0. The lowest BCUT2D eigenvalue weighted by atomic mass is 9.91. The number of rotatable bonds is 1. The number of aliphatic hydroxyl groups is 1.